The number of oxazole rings is 1. The molecule has 0 saturated carbocycles. The molecule has 0 aliphatic heterocycles. The number of aromatic nitrogens is 2. The van der Waals surface area contributed by atoms with E-state index in [9.17, 15) is 9.18 Å². The fraction of sp³-hybridized carbons (Fsp3) is 0.250. The third kappa shape index (κ3) is 5.92. The number of pyridine rings is 1. The maximum atomic E-state index is 13.1. The molecule has 0 radical (unpaired) electrons. The predicted molar refractivity (Wildman–Crippen MR) is 105 cm³/mol. The summed E-state index contributed by atoms with van der Waals surface area (Å²) in [4.78, 5) is 20.9. The molecule has 0 aliphatic carbocycles. The van der Waals surface area contributed by atoms with Crippen LogP contribution in [0, 0.1) is 5.82 Å². The van der Waals surface area contributed by atoms with E-state index in [-0.39, 0.29) is 17.4 Å². The van der Waals surface area contributed by atoms with Gasteiger partial charge in [0, 0.05) is 23.2 Å². The van der Waals surface area contributed by atoms with Crippen LogP contribution in [0.5, 0.6) is 0 Å². The molecule has 7 heteroatoms. The van der Waals surface area contributed by atoms with Crippen molar-refractivity contribution in [2.24, 2.45) is 0 Å². The topological polar surface area (TPSA) is 68.0 Å². The average molecular weight is 387 g/mol. The molecule has 2 heterocycles. The number of nitrogens with zero attached hydrogens (tertiary/aromatic N) is 2. The quantitative estimate of drug-likeness (QED) is 0.481. The number of amides is 1. The Balaban J connectivity index is 0.00000126. The van der Waals surface area contributed by atoms with Gasteiger partial charge in [0.25, 0.3) is 5.91 Å². The van der Waals surface area contributed by atoms with Gasteiger partial charge in [0.05, 0.1) is 6.20 Å². The molecule has 0 bridgehead atoms. The molecule has 2 aromatic heterocycles. The summed E-state index contributed by atoms with van der Waals surface area (Å²) in [6, 6.07) is 8.70. The van der Waals surface area contributed by atoms with Crippen LogP contribution in [0.25, 0.3) is 11.3 Å². The van der Waals surface area contributed by atoms with Crippen molar-refractivity contribution in [2.75, 3.05) is 6.54 Å². The molecular formula is C20H22FN3O2S. The highest BCUT2D eigenvalue weighted by molar-refractivity contribution is 7.80. The van der Waals surface area contributed by atoms with Crippen LogP contribution in [0.15, 0.2) is 58.4 Å². The van der Waals surface area contributed by atoms with Crippen molar-refractivity contribution < 1.29 is 13.6 Å². The van der Waals surface area contributed by atoms with Crippen molar-refractivity contribution >= 4 is 18.5 Å². The zero-order valence-electron chi connectivity index (χ0n) is 15.3. The first-order valence-electron chi connectivity index (χ1n) is 8.74. The number of rotatable bonds is 6. The van der Waals surface area contributed by atoms with Crippen molar-refractivity contribution in [3.05, 3.63) is 66.2 Å². The number of benzene rings is 1. The maximum absolute atomic E-state index is 13.1. The SMILES string of the molecule is CC.O=C(NCCCc1cncc(F)c1)c1ncoc1-c1ccc(S)cc1. The van der Waals surface area contributed by atoms with Crippen LogP contribution in [-0.4, -0.2) is 22.4 Å². The van der Waals surface area contributed by atoms with E-state index in [1.807, 2.05) is 38.1 Å². The minimum absolute atomic E-state index is 0.235. The van der Waals surface area contributed by atoms with E-state index in [2.05, 4.69) is 27.9 Å². The molecule has 0 saturated heterocycles. The average Bonchev–Trinajstić information content (AvgIpc) is 3.17. The molecule has 0 unspecified atom stereocenters. The lowest BCUT2D eigenvalue weighted by atomic mass is 10.1. The molecule has 27 heavy (non-hydrogen) atoms. The summed E-state index contributed by atoms with van der Waals surface area (Å²) in [5, 5.41) is 2.80. The molecule has 1 aromatic carbocycles. The summed E-state index contributed by atoms with van der Waals surface area (Å²) >= 11 is 4.24. The van der Waals surface area contributed by atoms with E-state index in [4.69, 9.17) is 4.42 Å². The second kappa shape index (κ2) is 10.5. The Morgan fingerprint density at radius 3 is 2.67 bits per heavy atom. The smallest absolute Gasteiger partial charge is 0.273 e. The first-order chi connectivity index (χ1) is 13.1. The molecule has 1 amide bonds. The molecule has 3 aromatic rings. The van der Waals surface area contributed by atoms with Gasteiger partial charge >= 0.3 is 0 Å². The van der Waals surface area contributed by atoms with E-state index in [1.165, 1.54) is 12.5 Å². The Morgan fingerprint density at radius 1 is 1.22 bits per heavy atom. The molecular weight excluding hydrogens is 365 g/mol. The summed E-state index contributed by atoms with van der Waals surface area (Å²) in [5.41, 5.74) is 1.79. The van der Waals surface area contributed by atoms with Crippen LogP contribution < -0.4 is 5.32 Å². The Hall–Kier alpha value is -2.67. The molecule has 0 fully saturated rings. The molecule has 5 nitrogen and oxygen atoms in total. The summed E-state index contributed by atoms with van der Waals surface area (Å²) in [5.74, 6) is -0.253. The van der Waals surface area contributed by atoms with Gasteiger partial charge < -0.3 is 9.73 Å². The van der Waals surface area contributed by atoms with E-state index < -0.39 is 0 Å². The minimum atomic E-state index is -0.360. The Bertz CT molecular complexity index is 866. The van der Waals surface area contributed by atoms with Gasteiger partial charge in [-0.3, -0.25) is 9.78 Å². The van der Waals surface area contributed by atoms with Gasteiger partial charge in [-0.15, -0.1) is 12.6 Å². The van der Waals surface area contributed by atoms with Crippen molar-refractivity contribution in [1.82, 2.24) is 15.3 Å². The monoisotopic (exact) mass is 387 g/mol. The Kier molecular flexibility index (Phi) is 8.00. The fourth-order valence-corrected chi connectivity index (χ4v) is 2.55. The second-order valence-corrected chi connectivity index (χ2v) is 5.96. The summed E-state index contributed by atoms with van der Waals surface area (Å²) < 4.78 is 18.4. The Morgan fingerprint density at radius 2 is 1.96 bits per heavy atom. The van der Waals surface area contributed by atoms with Crippen LogP contribution in [0.2, 0.25) is 0 Å². The van der Waals surface area contributed by atoms with Crippen LogP contribution >= 0.6 is 12.6 Å². The summed E-state index contributed by atoms with van der Waals surface area (Å²) in [7, 11) is 0. The third-order valence-electron chi connectivity index (χ3n) is 3.60. The minimum Gasteiger partial charge on any atom is -0.443 e. The lowest BCUT2D eigenvalue weighted by molar-refractivity contribution is 0.0949. The second-order valence-electron chi connectivity index (χ2n) is 5.45. The molecule has 142 valence electrons. The number of halogens is 1. The fourth-order valence-electron chi connectivity index (χ4n) is 2.40. The van der Waals surface area contributed by atoms with Gasteiger partial charge in [0.1, 0.15) is 5.82 Å². The molecule has 0 aliphatic rings. The van der Waals surface area contributed by atoms with E-state index in [0.717, 1.165) is 22.2 Å². The van der Waals surface area contributed by atoms with Gasteiger partial charge in [0.2, 0.25) is 0 Å². The zero-order chi connectivity index (χ0) is 19.6. The normalized spacial score (nSPS) is 10.1. The zero-order valence-corrected chi connectivity index (χ0v) is 16.2. The number of thiol groups is 1. The number of hydrogen-bond acceptors (Lipinski definition) is 5. The largest absolute Gasteiger partial charge is 0.443 e. The highest BCUT2D eigenvalue weighted by Crippen LogP contribution is 2.24. The molecule has 0 spiro atoms. The van der Waals surface area contributed by atoms with Crippen LogP contribution in [0.3, 0.4) is 0 Å². The van der Waals surface area contributed by atoms with Gasteiger partial charge in [-0.2, -0.15) is 0 Å². The maximum Gasteiger partial charge on any atom is 0.273 e. The lowest BCUT2D eigenvalue weighted by Crippen LogP contribution is -2.25. The first kappa shape index (κ1) is 20.6. The van der Waals surface area contributed by atoms with Gasteiger partial charge in [-0.05, 0) is 36.6 Å². The number of carbonyl (C=O) groups excluding carboxylic acids is 1. The van der Waals surface area contributed by atoms with Gasteiger partial charge in [0.15, 0.2) is 17.8 Å². The highest BCUT2D eigenvalue weighted by Gasteiger charge is 2.17. The van der Waals surface area contributed by atoms with Crippen molar-refractivity contribution in [3.63, 3.8) is 0 Å². The van der Waals surface area contributed by atoms with Crippen molar-refractivity contribution in [2.45, 2.75) is 31.6 Å². The third-order valence-corrected chi connectivity index (χ3v) is 3.90. The number of nitrogens with one attached hydrogen (secondary N) is 1. The molecule has 1 N–H and O–H groups in total. The van der Waals surface area contributed by atoms with E-state index >= 15 is 0 Å². The van der Waals surface area contributed by atoms with Crippen molar-refractivity contribution in [3.8, 4) is 11.3 Å². The van der Waals surface area contributed by atoms with Gasteiger partial charge in [-0.1, -0.05) is 26.0 Å². The van der Waals surface area contributed by atoms with Crippen LogP contribution in [0.1, 0.15) is 36.3 Å². The van der Waals surface area contributed by atoms with Crippen LogP contribution in [-0.2, 0) is 6.42 Å². The van der Waals surface area contributed by atoms with E-state index in [0.29, 0.717) is 25.1 Å². The predicted octanol–water partition coefficient (Wildman–Crippen LogP) is 4.55. The summed E-state index contributed by atoms with van der Waals surface area (Å²) in [6.45, 7) is 4.44. The summed E-state index contributed by atoms with van der Waals surface area (Å²) in [6.07, 6.45) is 5.32. The Labute approximate surface area is 163 Å². The van der Waals surface area contributed by atoms with Crippen molar-refractivity contribution in [1.29, 1.82) is 0 Å². The van der Waals surface area contributed by atoms with Gasteiger partial charge in [-0.25, -0.2) is 9.37 Å². The highest BCUT2D eigenvalue weighted by atomic mass is 32.1. The number of aryl methyl sites for hydroxylation is 1. The lowest BCUT2D eigenvalue weighted by Gasteiger charge is -2.05. The standard InChI is InChI=1S/C18H16FN3O2S.C2H6/c19-14-8-12(9-20-10-14)2-1-7-21-18(23)16-17(24-11-22-16)13-3-5-15(25)6-4-13;1-2/h3-6,8-11,25H,1-2,7H2,(H,21,23);1-2H3. The molecule has 0 atom stereocenters. The van der Waals surface area contributed by atoms with Crippen LogP contribution in [0.4, 0.5) is 4.39 Å². The number of hydrogen-bond donors (Lipinski definition) is 2. The first-order valence-corrected chi connectivity index (χ1v) is 9.19. The van der Waals surface area contributed by atoms with E-state index in [1.54, 1.807) is 6.20 Å². The molecule has 3 rings (SSSR count). The number of carbonyl (C=O) groups is 1.